The summed E-state index contributed by atoms with van der Waals surface area (Å²) < 4.78 is 11.8. The number of carbonyl (C=O) groups is 1. The Morgan fingerprint density at radius 2 is 2.04 bits per heavy atom. The van der Waals surface area contributed by atoms with Gasteiger partial charge in [-0.25, -0.2) is 4.79 Å². The molecule has 4 rings (SSSR count). The topological polar surface area (TPSA) is 38.8 Å². The molecule has 148 valence electrons. The summed E-state index contributed by atoms with van der Waals surface area (Å²) in [5.41, 5.74) is 0. The van der Waals surface area contributed by atoms with Gasteiger partial charge in [0.05, 0.1) is 17.2 Å². The van der Waals surface area contributed by atoms with Crippen LogP contribution >= 0.6 is 11.6 Å². The fraction of sp³-hybridized carbons (Fsp3) is 0.682. The molecule has 4 unspecified atom stereocenters. The van der Waals surface area contributed by atoms with Crippen molar-refractivity contribution < 1.29 is 14.3 Å². The first-order valence-corrected chi connectivity index (χ1v) is 10.9. The highest BCUT2D eigenvalue weighted by Gasteiger charge is 2.46. The molecule has 6 atom stereocenters. The van der Waals surface area contributed by atoms with Gasteiger partial charge in [0.25, 0.3) is 0 Å². The molecule has 1 saturated heterocycles. The van der Waals surface area contributed by atoms with Crippen molar-refractivity contribution in [3.8, 4) is 0 Å². The quantitative estimate of drug-likeness (QED) is 0.480. The van der Waals surface area contributed by atoms with Gasteiger partial charge in [-0.15, -0.1) is 11.6 Å². The van der Waals surface area contributed by atoms with Crippen LogP contribution in [0.5, 0.6) is 0 Å². The Kier molecular flexibility index (Phi) is 5.82. The first kappa shape index (κ1) is 18.9. The predicted molar refractivity (Wildman–Crippen MR) is 107 cm³/mol. The van der Waals surface area contributed by atoms with Gasteiger partial charge in [-0.1, -0.05) is 18.2 Å². The number of cyclic esters (lactones) is 1. The number of alkyl halides is 1. The fourth-order valence-corrected chi connectivity index (χ4v) is 5.19. The molecule has 0 spiro atoms. The summed E-state index contributed by atoms with van der Waals surface area (Å²) in [7, 11) is 0. The maximum absolute atomic E-state index is 12.6. The van der Waals surface area contributed by atoms with Crippen LogP contribution in [0.25, 0.3) is 0 Å². The van der Waals surface area contributed by atoms with Gasteiger partial charge in [-0.05, 0) is 69.9 Å². The maximum Gasteiger partial charge on any atom is 0.410 e. The van der Waals surface area contributed by atoms with Gasteiger partial charge in [0.2, 0.25) is 0 Å². The first-order chi connectivity index (χ1) is 13.1. The predicted octanol–water partition coefficient (Wildman–Crippen LogP) is 5.33. The van der Waals surface area contributed by atoms with E-state index in [1.807, 2.05) is 13.0 Å². The smallest absolute Gasteiger partial charge is 0.410 e. The van der Waals surface area contributed by atoms with Crippen molar-refractivity contribution in [3.05, 3.63) is 36.1 Å². The Hall–Kier alpha value is -1.42. The van der Waals surface area contributed by atoms with Crippen molar-refractivity contribution in [3.63, 3.8) is 0 Å². The van der Waals surface area contributed by atoms with E-state index in [9.17, 15) is 4.79 Å². The fourth-order valence-electron chi connectivity index (χ4n) is 4.98. The molecule has 1 fully saturated rings. The molecule has 0 radical (unpaired) electrons. The molecule has 0 saturated carbocycles. The van der Waals surface area contributed by atoms with Crippen LogP contribution in [0.1, 0.15) is 58.3 Å². The third-order valence-corrected chi connectivity index (χ3v) is 6.76. The molecule has 1 aliphatic heterocycles. The number of carbonyl (C=O) groups excluding carboxylic acids is 1. The third-order valence-electron chi connectivity index (χ3n) is 6.39. The third kappa shape index (κ3) is 4.21. The molecular weight excluding hydrogens is 362 g/mol. The summed E-state index contributed by atoms with van der Waals surface area (Å²) in [5.74, 6) is 1.57. The zero-order chi connectivity index (χ0) is 18.8. The molecule has 27 heavy (non-hydrogen) atoms. The number of ether oxygens (including phenoxy) is 2. The average molecular weight is 392 g/mol. The van der Waals surface area contributed by atoms with E-state index < -0.39 is 0 Å². The number of rotatable bonds is 4. The number of nitrogens with zero attached hydrogens (tertiary/aromatic N) is 1. The second kappa shape index (κ2) is 8.30. The van der Waals surface area contributed by atoms with E-state index in [1.54, 1.807) is 0 Å². The molecule has 4 aliphatic rings. The van der Waals surface area contributed by atoms with Gasteiger partial charge in [0.1, 0.15) is 12.2 Å². The van der Waals surface area contributed by atoms with E-state index in [0.29, 0.717) is 5.92 Å². The number of hydrogen-bond donors (Lipinski definition) is 0. The minimum atomic E-state index is -0.131. The Balaban J connectivity index is 1.39. The normalized spacial score (nSPS) is 39.3. The molecule has 0 bridgehead atoms. The van der Waals surface area contributed by atoms with E-state index in [-0.39, 0.29) is 35.8 Å². The number of allylic oxidation sites excluding steroid dienone is 4. The summed E-state index contributed by atoms with van der Waals surface area (Å²) in [5, 5.41) is 0.143. The van der Waals surface area contributed by atoms with Crippen molar-refractivity contribution in [2.45, 2.75) is 88.0 Å². The van der Waals surface area contributed by atoms with Gasteiger partial charge in [0, 0.05) is 12.5 Å². The summed E-state index contributed by atoms with van der Waals surface area (Å²) >= 11 is 6.11. The van der Waals surface area contributed by atoms with Crippen LogP contribution in [0.3, 0.4) is 0 Å². The largest absolute Gasteiger partial charge is 0.491 e. The Labute approximate surface area is 167 Å². The lowest BCUT2D eigenvalue weighted by molar-refractivity contribution is 0.102. The molecule has 5 heteroatoms. The lowest BCUT2D eigenvalue weighted by atomic mass is 9.83. The van der Waals surface area contributed by atoms with Gasteiger partial charge in [-0.2, -0.15) is 0 Å². The van der Waals surface area contributed by atoms with Crippen LogP contribution in [-0.4, -0.2) is 40.7 Å². The van der Waals surface area contributed by atoms with E-state index in [1.165, 1.54) is 0 Å². The highest BCUT2D eigenvalue weighted by Crippen LogP contribution is 2.37. The van der Waals surface area contributed by atoms with Crippen LogP contribution < -0.4 is 0 Å². The molecule has 0 aromatic rings. The molecule has 1 heterocycles. The maximum atomic E-state index is 12.6. The van der Waals surface area contributed by atoms with E-state index in [0.717, 1.165) is 57.1 Å². The lowest BCUT2D eigenvalue weighted by Crippen LogP contribution is -2.48. The lowest BCUT2D eigenvalue weighted by Gasteiger charge is -2.38. The van der Waals surface area contributed by atoms with Gasteiger partial charge < -0.3 is 9.47 Å². The van der Waals surface area contributed by atoms with Crippen LogP contribution in [-0.2, 0) is 9.47 Å². The molecular formula is C22H30ClNO3. The molecule has 0 aromatic heterocycles. The van der Waals surface area contributed by atoms with Crippen LogP contribution in [0.15, 0.2) is 36.1 Å². The minimum absolute atomic E-state index is 0.0218. The van der Waals surface area contributed by atoms with Gasteiger partial charge >= 0.3 is 6.09 Å². The number of halogens is 1. The van der Waals surface area contributed by atoms with Crippen molar-refractivity contribution in [1.82, 2.24) is 4.90 Å². The van der Waals surface area contributed by atoms with Crippen LogP contribution in [0, 0.1) is 5.92 Å². The first-order valence-electron chi connectivity index (χ1n) is 10.4. The number of amides is 1. The number of hydrogen-bond acceptors (Lipinski definition) is 3. The molecule has 0 aromatic carbocycles. The summed E-state index contributed by atoms with van der Waals surface area (Å²) in [6.45, 7) is 2.05. The van der Waals surface area contributed by atoms with Crippen LogP contribution in [0.4, 0.5) is 4.79 Å². The van der Waals surface area contributed by atoms with E-state index in [4.69, 9.17) is 21.1 Å². The Morgan fingerprint density at radius 3 is 2.70 bits per heavy atom. The molecule has 4 nitrogen and oxygen atoms in total. The standard InChI is InChI=1S/C22H30ClNO3/c1-15-21(16-5-3-2-4-6-16)24(22(25)26-15)18-9-13-20(14-10-18)27-19-11-7-17(23)8-12-19/h2-3,7,11,13,15-19,21H,4-6,8-10,12,14H2,1H3/t15-,16?,17?,18?,19?,21+/m0/s1. The monoisotopic (exact) mass is 391 g/mol. The van der Waals surface area contributed by atoms with Crippen LogP contribution in [0.2, 0.25) is 0 Å². The van der Waals surface area contributed by atoms with Crippen molar-refractivity contribution in [2.24, 2.45) is 5.92 Å². The minimum Gasteiger partial charge on any atom is -0.491 e. The SMILES string of the molecule is C[C@@H]1OC(=O)N(C2CC=C(OC3C=CC(Cl)CC3)CC2)[C@H]1C1CC=CCC1. The van der Waals surface area contributed by atoms with Crippen molar-refractivity contribution in [2.75, 3.05) is 0 Å². The van der Waals surface area contributed by atoms with Gasteiger partial charge in [0.15, 0.2) is 0 Å². The highest BCUT2D eigenvalue weighted by molar-refractivity contribution is 6.21. The summed E-state index contributed by atoms with van der Waals surface area (Å²) in [6, 6.07) is 0.421. The molecule has 3 aliphatic carbocycles. The zero-order valence-electron chi connectivity index (χ0n) is 16.1. The average Bonchev–Trinajstić information content (AvgIpc) is 2.99. The second-order valence-corrected chi connectivity index (χ2v) is 8.83. The molecule has 1 amide bonds. The Bertz CT molecular complexity index is 643. The molecule has 0 N–H and O–H groups in total. The summed E-state index contributed by atoms with van der Waals surface area (Å²) in [6.07, 6.45) is 18.7. The van der Waals surface area contributed by atoms with Crippen molar-refractivity contribution in [1.29, 1.82) is 0 Å². The summed E-state index contributed by atoms with van der Waals surface area (Å²) in [4.78, 5) is 14.6. The second-order valence-electron chi connectivity index (χ2n) is 8.26. The van der Waals surface area contributed by atoms with Crippen molar-refractivity contribution >= 4 is 17.7 Å². The van der Waals surface area contributed by atoms with Gasteiger partial charge in [-0.3, -0.25) is 4.90 Å². The zero-order valence-corrected chi connectivity index (χ0v) is 16.8. The highest BCUT2D eigenvalue weighted by atomic mass is 35.5. The van der Waals surface area contributed by atoms with E-state index in [2.05, 4.69) is 29.2 Å². The Morgan fingerprint density at radius 1 is 1.15 bits per heavy atom. The van der Waals surface area contributed by atoms with E-state index >= 15 is 0 Å².